The quantitative estimate of drug-likeness (QED) is 0.419. The van der Waals surface area contributed by atoms with Crippen molar-refractivity contribution in [3.63, 3.8) is 0 Å². The summed E-state index contributed by atoms with van der Waals surface area (Å²) < 4.78 is 20.2. The molecular formula is C25H36O3Si. The van der Waals surface area contributed by atoms with E-state index in [1.807, 2.05) is 6.55 Å². The molecule has 3 nitrogen and oxygen atoms in total. The molecular weight excluding hydrogens is 376 g/mol. The van der Waals surface area contributed by atoms with Gasteiger partial charge in [0, 0.05) is 6.55 Å². The Morgan fingerprint density at radius 1 is 0.517 bits per heavy atom. The van der Waals surface area contributed by atoms with Crippen LogP contribution in [0.2, 0.25) is 6.55 Å². The minimum absolute atomic E-state index is 0.631. The summed E-state index contributed by atoms with van der Waals surface area (Å²) in [5.74, 6) is 8.87. The Hall–Kier alpha value is -1.22. The zero-order chi connectivity index (χ0) is 20.8. The molecule has 0 atom stereocenters. The van der Waals surface area contributed by atoms with Gasteiger partial charge in [-0.15, -0.1) is 19.3 Å². The molecule has 29 heavy (non-hydrogen) atoms. The fraction of sp³-hybridized carbons (Fsp3) is 0.760. The molecule has 0 aliphatic heterocycles. The summed E-state index contributed by atoms with van der Waals surface area (Å²) >= 11 is 0. The first kappa shape index (κ1) is 22.5. The third kappa shape index (κ3) is 5.28. The second-order valence-corrected chi connectivity index (χ2v) is 11.6. The average molecular weight is 413 g/mol. The van der Waals surface area contributed by atoms with E-state index in [1.54, 1.807) is 0 Å². The van der Waals surface area contributed by atoms with Gasteiger partial charge in [-0.05, 0) is 77.0 Å². The number of hydrogen-bond donors (Lipinski definition) is 0. The number of rotatable bonds is 6. The molecule has 0 aromatic carbocycles. The van der Waals surface area contributed by atoms with Crippen LogP contribution in [0, 0.1) is 37.0 Å². The zero-order valence-electron chi connectivity index (χ0n) is 18.1. The fourth-order valence-corrected chi connectivity index (χ4v) is 8.37. The van der Waals surface area contributed by atoms with E-state index in [9.17, 15) is 0 Å². The molecule has 3 aliphatic rings. The molecule has 0 bridgehead atoms. The molecule has 3 fully saturated rings. The van der Waals surface area contributed by atoms with Crippen LogP contribution in [0.4, 0.5) is 0 Å². The first-order chi connectivity index (χ1) is 13.9. The summed E-state index contributed by atoms with van der Waals surface area (Å²) in [6, 6.07) is 0. The lowest BCUT2D eigenvalue weighted by atomic mass is 9.86. The van der Waals surface area contributed by atoms with Crippen LogP contribution in [0.15, 0.2) is 0 Å². The van der Waals surface area contributed by atoms with E-state index in [0.717, 1.165) is 77.0 Å². The predicted molar refractivity (Wildman–Crippen MR) is 119 cm³/mol. The molecule has 3 aliphatic carbocycles. The van der Waals surface area contributed by atoms with Gasteiger partial charge in [-0.2, -0.15) is 0 Å². The van der Waals surface area contributed by atoms with E-state index in [-0.39, 0.29) is 0 Å². The Morgan fingerprint density at radius 2 is 0.759 bits per heavy atom. The first-order valence-corrected chi connectivity index (χ1v) is 13.7. The van der Waals surface area contributed by atoms with Crippen molar-refractivity contribution in [2.45, 2.75) is 120 Å². The standard InChI is InChI=1S/C25H36O3Si/c1-5-23(17-11-8-12-18-23)26-29(4,27-24(6-2)19-13-9-14-20-24)28-25(7-3)21-15-10-16-22-25/h1-3H,8-22H2,4H3. The molecule has 0 aromatic rings. The Balaban J connectivity index is 1.90. The minimum Gasteiger partial charge on any atom is -0.356 e. The maximum absolute atomic E-state index is 6.74. The highest BCUT2D eigenvalue weighted by Gasteiger charge is 2.53. The Bertz CT molecular complexity index is 581. The third-order valence-corrected chi connectivity index (χ3v) is 9.20. The molecule has 0 unspecified atom stereocenters. The van der Waals surface area contributed by atoms with Gasteiger partial charge in [0.15, 0.2) is 0 Å². The van der Waals surface area contributed by atoms with Crippen LogP contribution >= 0.6 is 0 Å². The SMILES string of the molecule is C#CC1(O[Si](C)(OC2(C#C)CCCCC2)OC2(C#C)CCCCC2)CCCCC1. The minimum atomic E-state index is -3.22. The van der Waals surface area contributed by atoms with Crippen molar-refractivity contribution >= 4 is 8.80 Å². The molecule has 0 saturated heterocycles. The molecule has 0 N–H and O–H groups in total. The average Bonchev–Trinajstić information content (AvgIpc) is 2.75. The van der Waals surface area contributed by atoms with E-state index < -0.39 is 25.6 Å². The van der Waals surface area contributed by atoms with Crippen LogP contribution in [0.3, 0.4) is 0 Å². The van der Waals surface area contributed by atoms with Crippen LogP contribution in [0.25, 0.3) is 0 Å². The summed E-state index contributed by atoms with van der Waals surface area (Å²) in [6.45, 7) is 1.97. The molecule has 0 amide bonds. The second kappa shape index (κ2) is 9.28. The van der Waals surface area contributed by atoms with Crippen molar-refractivity contribution in [1.29, 1.82) is 0 Å². The first-order valence-electron chi connectivity index (χ1n) is 11.5. The summed E-state index contributed by atoms with van der Waals surface area (Å²) in [7, 11) is -3.22. The Labute approximate surface area is 179 Å². The largest absolute Gasteiger partial charge is 0.501 e. The van der Waals surface area contributed by atoms with Gasteiger partial charge >= 0.3 is 8.80 Å². The lowest BCUT2D eigenvalue weighted by Crippen LogP contribution is -2.59. The molecule has 158 valence electrons. The van der Waals surface area contributed by atoms with Crippen LogP contribution in [-0.4, -0.2) is 25.6 Å². The summed E-state index contributed by atoms with van der Waals surface area (Å²) in [5.41, 5.74) is -1.89. The predicted octanol–water partition coefficient (Wildman–Crippen LogP) is 5.61. The van der Waals surface area contributed by atoms with Gasteiger partial charge in [0.05, 0.1) is 0 Å². The smallest absolute Gasteiger partial charge is 0.356 e. The summed E-state index contributed by atoms with van der Waals surface area (Å²) in [5, 5.41) is 0. The van der Waals surface area contributed by atoms with Crippen molar-refractivity contribution in [2.24, 2.45) is 0 Å². The number of hydrogen-bond acceptors (Lipinski definition) is 3. The molecule has 0 heterocycles. The van der Waals surface area contributed by atoms with E-state index >= 15 is 0 Å². The van der Waals surface area contributed by atoms with Gasteiger partial charge in [0.2, 0.25) is 0 Å². The van der Waals surface area contributed by atoms with E-state index in [4.69, 9.17) is 32.5 Å². The molecule has 3 saturated carbocycles. The van der Waals surface area contributed by atoms with Gasteiger partial charge in [-0.1, -0.05) is 37.0 Å². The lowest BCUT2D eigenvalue weighted by molar-refractivity contribution is -0.0893. The molecule has 0 radical (unpaired) electrons. The monoisotopic (exact) mass is 412 g/mol. The highest BCUT2D eigenvalue weighted by molar-refractivity contribution is 6.59. The maximum Gasteiger partial charge on any atom is 0.501 e. The van der Waals surface area contributed by atoms with Gasteiger partial charge in [0.25, 0.3) is 0 Å². The van der Waals surface area contributed by atoms with Crippen molar-refractivity contribution in [3.05, 3.63) is 0 Å². The van der Waals surface area contributed by atoms with Gasteiger partial charge in [-0.25, -0.2) is 0 Å². The highest BCUT2D eigenvalue weighted by atomic mass is 28.4. The number of terminal acetylenes is 3. The van der Waals surface area contributed by atoms with Crippen LogP contribution < -0.4 is 0 Å². The molecule has 3 rings (SSSR count). The van der Waals surface area contributed by atoms with E-state index in [0.29, 0.717) is 0 Å². The van der Waals surface area contributed by atoms with Gasteiger partial charge in [0.1, 0.15) is 16.8 Å². The Morgan fingerprint density at radius 3 is 0.966 bits per heavy atom. The van der Waals surface area contributed by atoms with Gasteiger partial charge < -0.3 is 13.3 Å². The Kier molecular flexibility index (Phi) is 7.19. The normalized spacial score (nSPS) is 25.9. The van der Waals surface area contributed by atoms with Crippen molar-refractivity contribution in [3.8, 4) is 37.0 Å². The lowest BCUT2D eigenvalue weighted by Gasteiger charge is -2.47. The van der Waals surface area contributed by atoms with Crippen LogP contribution in [0.5, 0.6) is 0 Å². The molecule has 0 aromatic heterocycles. The van der Waals surface area contributed by atoms with Crippen molar-refractivity contribution in [1.82, 2.24) is 0 Å². The van der Waals surface area contributed by atoms with Crippen molar-refractivity contribution < 1.29 is 13.3 Å². The zero-order valence-corrected chi connectivity index (χ0v) is 19.1. The fourth-order valence-electron chi connectivity index (χ4n) is 5.32. The highest BCUT2D eigenvalue weighted by Crippen LogP contribution is 2.42. The van der Waals surface area contributed by atoms with Crippen molar-refractivity contribution in [2.75, 3.05) is 0 Å². The van der Waals surface area contributed by atoms with E-state index in [1.165, 1.54) is 19.3 Å². The van der Waals surface area contributed by atoms with Crippen LogP contribution in [-0.2, 0) is 13.3 Å². The van der Waals surface area contributed by atoms with Gasteiger partial charge in [-0.3, -0.25) is 0 Å². The summed E-state index contributed by atoms with van der Waals surface area (Å²) in [6.07, 6.45) is 33.0. The molecule has 0 spiro atoms. The second-order valence-electron chi connectivity index (χ2n) is 9.27. The topological polar surface area (TPSA) is 27.7 Å². The third-order valence-electron chi connectivity index (χ3n) is 6.92. The maximum atomic E-state index is 6.74. The summed E-state index contributed by atoms with van der Waals surface area (Å²) in [4.78, 5) is 0. The molecule has 4 heteroatoms. The van der Waals surface area contributed by atoms with E-state index in [2.05, 4.69) is 17.8 Å². The van der Waals surface area contributed by atoms with Crippen LogP contribution in [0.1, 0.15) is 96.3 Å².